The van der Waals surface area contributed by atoms with Gasteiger partial charge in [0.15, 0.2) is 5.76 Å². The lowest BCUT2D eigenvalue weighted by atomic mass is 9.33. The molecule has 5 rings (SSSR count). The molecule has 0 amide bonds. The summed E-state index contributed by atoms with van der Waals surface area (Å²) in [6, 6.07) is 0. The highest BCUT2D eigenvalue weighted by Gasteiger charge is 2.71. The maximum Gasteiger partial charge on any atom is 0.310 e. The number of allylic oxidation sites excluding steroid dienone is 3. The molecule has 0 bridgehead atoms. The summed E-state index contributed by atoms with van der Waals surface area (Å²) in [5, 5.41) is 33.1. The lowest BCUT2D eigenvalue weighted by Gasteiger charge is -2.70. The van der Waals surface area contributed by atoms with Crippen molar-refractivity contribution >= 4 is 11.8 Å². The fraction of sp³-hybridized carbons (Fsp3) is 0.800. The van der Waals surface area contributed by atoms with Crippen LogP contribution < -0.4 is 0 Å². The van der Waals surface area contributed by atoms with Crippen molar-refractivity contribution in [1.82, 2.24) is 0 Å². The lowest BCUT2D eigenvalue weighted by Crippen LogP contribution is -2.67. The van der Waals surface area contributed by atoms with Crippen molar-refractivity contribution < 1.29 is 24.9 Å². The molecule has 0 aromatic rings. The zero-order valence-corrected chi connectivity index (χ0v) is 22.6. The number of hydrogen-bond donors (Lipinski definition) is 3. The van der Waals surface area contributed by atoms with Gasteiger partial charge in [0.25, 0.3) is 0 Å². The summed E-state index contributed by atoms with van der Waals surface area (Å²) in [5.74, 6) is -1.01. The Morgan fingerprint density at radius 1 is 0.971 bits per heavy atom. The Kier molecular flexibility index (Phi) is 5.03. The van der Waals surface area contributed by atoms with E-state index in [4.69, 9.17) is 0 Å². The van der Waals surface area contributed by atoms with E-state index in [2.05, 4.69) is 33.8 Å². The average Bonchev–Trinajstić information content (AvgIpc) is 2.75. The monoisotopic (exact) mass is 484 g/mol. The number of carboxylic acid groups (broad SMARTS) is 1. The van der Waals surface area contributed by atoms with Crippen molar-refractivity contribution in [2.45, 2.75) is 99.0 Å². The Morgan fingerprint density at radius 3 is 2.26 bits per heavy atom. The first kappa shape index (κ1) is 25.0. The topological polar surface area (TPSA) is 94.8 Å². The van der Waals surface area contributed by atoms with Crippen molar-refractivity contribution in [3.8, 4) is 0 Å². The van der Waals surface area contributed by atoms with E-state index >= 15 is 0 Å². The third-order valence-corrected chi connectivity index (χ3v) is 12.8. The van der Waals surface area contributed by atoms with Crippen molar-refractivity contribution in [3.05, 3.63) is 23.5 Å². The maximum absolute atomic E-state index is 12.9. The summed E-state index contributed by atoms with van der Waals surface area (Å²) in [5.41, 5.74) is -2.16. The second-order valence-corrected chi connectivity index (χ2v) is 14.3. The van der Waals surface area contributed by atoms with E-state index in [9.17, 15) is 24.9 Å². The summed E-state index contributed by atoms with van der Waals surface area (Å²) in [4.78, 5) is 25.7. The van der Waals surface area contributed by atoms with Gasteiger partial charge in [0, 0.05) is 11.3 Å². The van der Waals surface area contributed by atoms with Gasteiger partial charge in [-0.25, -0.2) is 0 Å². The number of aliphatic hydroxyl groups is 2. The Balaban J connectivity index is 1.68. The third kappa shape index (κ3) is 2.74. The van der Waals surface area contributed by atoms with E-state index in [1.54, 1.807) is 0 Å². The quantitative estimate of drug-likeness (QED) is 0.392. The van der Waals surface area contributed by atoms with E-state index in [0.29, 0.717) is 12.8 Å². The summed E-state index contributed by atoms with van der Waals surface area (Å²) < 4.78 is 0. The zero-order valence-electron chi connectivity index (χ0n) is 22.6. The van der Waals surface area contributed by atoms with Gasteiger partial charge in [-0.05, 0) is 91.9 Å². The van der Waals surface area contributed by atoms with Crippen LogP contribution in [0.25, 0.3) is 0 Å². The second-order valence-electron chi connectivity index (χ2n) is 14.3. The number of carboxylic acids is 1. The number of hydrogen-bond acceptors (Lipinski definition) is 4. The van der Waals surface area contributed by atoms with E-state index in [0.717, 1.165) is 37.7 Å². The van der Waals surface area contributed by atoms with Crippen molar-refractivity contribution in [2.75, 3.05) is 0 Å². The Labute approximate surface area is 210 Å². The number of aliphatic hydroxyl groups excluding tert-OH is 1. The van der Waals surface area contributed by atoms with Crippen LogP contribution in [0.4, 0.5) is 0 Å². The molecule has 0 unspecified atom stereocenters. The smallest absolute Gasteiger partial charge is 0.310 e. The first-order chi connectivity index (χ1) is 16.0. The van der Waals surface area contributed by atoms with Crippen LogP contribution in [0, 0.1) is 50.7 Å². The van der Waals surface area contributed by atoms with Gasteiger partial charge in [-0.15, -0.1) is 0 Å². The maximum atomic E-state index is 12.9. The standard InChI is InChI=1S/C30H44O5/c1-17-10-13-30(24(33)34)15-14-27(5)18(22(30)29(17,7)35)8-9-21-26(4)16-19(31)23(32)25(2,3)20(26)11-12-28(21,27)6/h8,16-17,20-22,31,35H,9-15H2,1-7H3,(H,33,34)/t17-,20+,21-,22-,26+,27-,28-,29-,30+/m1/s1. The third-order valence-electron chi connectivity index (χ3n) is 12.8. The summed E-state index contributed by atoms with van der Waals surface area (Å²) in [7, 11) is 0. The fourth-order valence-electron chi connectivity index (χ4n) is 10.3. The first-order valence-electron chi connectivity index (χ1n) is 13.6. The minimum atomic E-state index is -1.08. The number of carbonyl (C=O) groups is 2. The molecule has 9 atom stereocenters. The molecular formula is C30H44O5. The van der Waals surface area contributed by atoms with Gasteiger partial charge in [-0.2, -0.15) is 0 Å². The molecule has 3 N–H and O–H groups in total. The van der Waals surface area contributed by atoms with Crippen LogP contribution in [0.1, 0.15) is 93.4 Å². The van der Waals surface area contributed by atoms with Crippen molar-refractivity contribution in [1.29, 1.82) is 0 Å². The summed E-state index contributed by atoms with van der Waals surface area (Å²) in [6.07, 6.45) is 9.49. The minimum absolute atomic E-state index is 0.0343. The van der Waals surface area contributed by atoms with Gasteiger partial charge in [-0.1, -0.05) is 53.2 Å². The van der Waals surface area contributed by atoms with Crippen LogP contribution in [0.5, 0.6) is 0 Å². The van der Waals surface area contributed by atoms with Crippen LogP contribution >= 0.6 is 0 Å². The summed E-state index contributed by atoms with van der Waals surface area (Å²) >= 11 is 0. The molecule has 3 fully saturated rings. The van der Waals surface area contributed by atoms with Gasteiger partial charge >= 0.3 is 5.97 Å². The molecular weight excluding hydrogens is 440 g/mol. The fourth-order valence-corrected chi connectivity index (χ4v) is 10.3. The molecule has 5 aliphatic rings. The molecule has 0 heterocycles. The number of ketones is 1. The Hall–Kier alpha value is -1.62. The molecule has 3 saturated carbocycles. The van der Waals surface area contributed by atoms with E-state index in [-0.39, 0.29) is 45.5 Å². The first-order valence-corrected chi connectivity index (χ1v) is 13.6. The molecule has 194 valence electrons. The second kappa shape index (κ2) is 7.02. The lowest BCUT2D eigenvalue weighted by molar-refractivity contribution is -0.199. The van der Waals surface area contributed by atoms with E-state index in [1.165, 1.54) is 0 Å². The highest BCUT2D eigenvalue weighted by atomic mass is 16.4. The van der Waals surface area contributed by atoms with Gasteiger partial charge < -0.3 is 15.3 Å². The SMILES string of the molecule is C[C@@H]1CC[C@]2(C(=O)O)CC[C@]3(C)C(=CC[C@@H]4[C@@]5(C)C=C(O)C(=O)C(C)(C)[C@@H]5CC[C@]43C)[C@@H]2[C@]1(C)O. The van der Waals surface area contributed by atoms with Crippen LogP contribution in [0.15, 0.2) is 23.5 Å². The van der Waals surface area contributed by atoms with E-state index < -0.39 is 28.3 Å². The van der Waals surface area contributed by atoms with Gasteiger partial charge in [0.1, 0.15) is 0 Å². The molecule has 0 spiro atoms. The van der Waals surface area contributed by atoms with Crippen molar-refractivity contribution in [2.24, 2.45) is 50.7 Å². The molecule has 0 aromatic carbocycles. The normalized spacial score (nSPS) is 52.7. The zero-order chi connectivity index (χ0) is 26.0. The molecule has 0 saturated heterocycles. The highest BCUT2D eigenvalue weighted by Crippen LogP contribution is 2.75. The molecule has 0 aromatic heterocycles. The van der Waals surface area contributed by atoms with Crippen LogP contribution in [0.2, 0.25) is 0 Å². The number of carbonyl (C=O) groups excluding carboxylic acids is 1. The van der Waals surface area contributed by atoms with Crippen LogP contribution in [-0.4, -0.2) is 32.7 Å². The highest BCUT2D eigenvalue weighted by molar-refractivity contribution is 5.98. The van der Waals surface area contributed by atoms with Gasteiger partial charge in [0.2, 0.25) is 5.78 Å². The summed E-state index contributed by atoms with van der Waals surface area (Å²) in [6.45, 7) is 14.8. The molecule has 0 radical (unpaired) electrons. The number of aliphatic carboxylic acids is 1. The number of fused-ring (bicyclic) bond motifs is 7. The van der Waals surface area contributed by atoms with Gasteiger partial charge in [0.05, 0.1) is 11.0 Å². The predicted octanol–water partition coefficient (Wildman–Crippen LogP) is 6.07. The predicted molar refractivity (Wildman–Crippen MR) is 135 cm³/mol. The molecule has 5 nitrogen and oxygen atoms in total. The molecule has 0 aliphatic heterocycles. The van der Waals surface area contributed by atoms with Crippen LogP contribution in [0.3, 0.4) is 0 Å². The number of Topliss-reactive ketones (excluding diaryl/α,β-unsaturated/α-hetero) is 1. The Bertz CT molecular complexity index is 1050. The minimum Gasteiger partial charge on any atom is -0.505 e. The van der Waals surface area contributed by atoms with Gasteiger partial charge in [-0.3, -0.25) is 9.59 Å². The molecule has 5 aliphatic carbocycles. The molecule has 5 heteroatoms. The van der Waals surface area contributed by atoms with Crippen molar-refractivity contribution in [3.63, 3.8) is 0 Å². The molecule has 35 heavy (non-hydrogen) atoms. The average molecular weight is 485 g/mol. The largest absolute Gasteiger partial charge is 0.505 e. The number of rotatable bonds is 1. The Morgan fingerprint density at radius 2 is 1.63 bits per heavy atom. The van der Waals surface area contributed by atoms with Crippen LogP contribution in [-0.2, 0) is 9.59 Å². The van der Waals surface area contributed by atoms with E-state index in [1.807, 2.05) is 26.8 Å².